The predicted molar refractivity (Wildman–Crippen MR) is 101 cm³/mol. The van der Waals surface area contributed by atoms with Crippen LogP contribution in [0.4, 0.5) is 11.4 Å². The second-order valence-electron chi connectivity index (χ2n) is 7.16. The number of benzene rings is 2. The van der Waals surface area contributed by atoms with Crippen molar-refractivity contribution in [3.63, 3.8) is 0 Å². The van der Waals surface area contributed by atoms with E-state index in [1.807, 2.05) is 0 Å². The van der Waals surface area contributed by atoms with Crippen molar-refractivity contribution >= 4 is 11.4 Å². The maximum Gasteiger partial charge on any atom is 0.0904 e. The van der Waals surface area contributed by atoms with E-state index in [-0.39, 0.29) is 0 Å². The largest absolute Gasteiger partial charge is 0.352 e. The van der Waals surface area contributed by atoms with Crippen LogP contribution >= 0.6 is 0 Å². The lowest BCUT2D eigenvalue weighted by atomic mass is 10.0. The first-order valence-electron chi connectivity index (χ1n) is 8.52. The molecule has 2 heteroatoms. The molecule has 0 aliphatic carbocycles. The molecule has 1 heterocycles. The third kappa shape index (κ3) is 2.95. The summed E-state index contributed by atoms with van der Waals surface area (Å²) < 4.78 is 0. The number of hydrogen-bond donors (Lipinski definition) is 0. The Morgan fingerprint density at radius 3 is 1.17 bits per heavy atom. The topological polar surface area (TPSA) is 6.48 Å². The minimum absolute atomic E-state index is 0.982. The average Bonchev–Trinajstić information content (AvgIpc) is 2.85. The van der Waals surface area contributed by atoms with Crippen molar-refractivity contribution in [2.45, 2.75) is 41.5 Å². The lowest BCUT2D eigenvalue weighted by Gasteiger charge is -2.26. The fraction of sp³-hybridized carbons (Fsp3) is 0.429. The van der Waals surface area contributed by atoms with Gasteiger partial charge in [0, 0.05) is 24.5 Å². The molecule has 23 heavy (non-hydrogen) atoms. The second kappa shape index (κ2) is 5.92. The first-order valence-corrected chi connectivity index (χ1v) is 8.52. The highest BCUT2D eigenvalue weighted by Gasteiger charge is 2.24. The molecule has 0 N–H and O–H groups in total. The smallest absolute Gasteiger partial charge is 0.0904 e. The summed E-state index contributed by atoms with van der Waals surface area (Å²) in [6.07, 6.45) is 0. The Balaban J connectivity index is 1.91. The van der Waals surface area contributed by atoms with Crippen molar-refractivity contribution in [3.8, 4) is 0 Å². The van der Waals surface area contributed by atoms with Gasteiger partial charge in [-0.3, -0.25) is 0 Å². The molecule has 1 fully saturated rings. The maximum absolute atomic E-state index is 2.53. The van der Waals surface area contributed by atoms with Crippen LogP contribution < -0.4 is 9.80 Å². The van der Waals surface area contributed by atoms with Gasteiger partial charge in [-0.2, -0.15) is 0 Å². The van der Waals surface area contributed by atoms with Crippen molar-refractivity contribution in [2.24, 2.45) is 0 Å². The van der Waals surface area contributed by atoms with E-state index in [0.717, 1.165) is 19.8 Å². The molecule has 0 atom stereocenters. The number of rotatable bonds is 2. The summed E-state index contributed by atoms with van der Waals surface area (Å²) in [5.41, 5.74) is 11.1. The van der Waals surface area contributed by atoms with Gasteiger partial charge in [-0.05, 0) is 63.8 Å². The van der Waals surface area contributed by atoms with Gasteiger partial charge >= 0.3 is 0 Å². The van der Waals surface area contributed by atoms with Crippen molar-refractivity contribution in [2.75, 3.05) is 29.6 Å². The van der Waals surface area contributed by atoms with Gasteiger partial charge in [-0.15, -0.1) is 0 Å². The van der Waals surface area contributed by atoms with Crippen LogP contribution in [0.1, 0.15) is 33.4 Å². The second-order valence-corrected chi connectivity index (χ2v) is 7.16. The molecule has 3 rings (SSSR count). The first-order chi connectivity index (χ1) is 10.9. The van der Waals surface area contributed by atoms with Crippen molar-refractivity contribution in [1.82, 2.24) is 0 Å². The highest BCUT2D eigenvalue weighted by atomic mass is 15.4. The monoisotopic (exact) mass is 308 g/mol. The quantitative estimate of drug-likeness (QED) is 0.784. The zero-order chi connectivity index (χ0) is 16.7. The van der Waals surface area contributed by atoms with E-state index in [2.05, 4.69) is 75.6 Å². The van der Waals surface area contributed by atoms with Crippen LogP contribution in [0.2, 0.25) is 0 Å². The number of nitrogens with zero attached hydrogens (tertiary/aromatic N) is 2. The molecule has 0 aromatic heterocycles. The fourth-order valence-corrected chi connectivity index (χ4v) is 4.30. The van der Waals surface area contributed by atoms with Crippen LogP contribution in [0.5, 0.6) is 0 Å². The molecule has 0 bridgehead atoms. The summed E-state index contributed by atoms with van der Waals surface area (Å²) in [6.45, 7) is 16.5. The summed E-state index contributed by atoms with van der Waals surface area (Å²) in [5.74, 6) is 0. The first kappa shape index (κ1) is 15.9. The van der Waals surface area contributed by atoms with E-state index in [9.17, 15) is 0 Å². The molecule has 1 saturated heterocycles. The third-order valence-corrected chi connectivity index (χ3v) is 4.88. The minimum Gasteiger partial charge on any atom is -0.352 e. The Bertz CT molecular complexity index is 636. The summed E-state index contributed by atoms with van der Waals surface area (Å²) >= 11 is 0. The van der Waals surface area contributed by atoms with Gasteiger partial charge in [0.25, 0.3) is 0 Å². The van der Waals surface area contributed by atoms with Gasteiger partial charge in [0.2, 0.25) is 0 Å². The molecule has 1 aliphatic rings. The Labute approximate surface area is 140 Å². The lowest BCUT2D eigenvalue weighted by molar-refractivity contribution is 0.930. The number of aryl methyl sites for hydroxylation is 6. The van der Waals surface area contributed by atoms with Crippen LogP contribution in [0, 0.1) is 41.5 Å². The third-order valence-electron chi connectivity index (χ3n) is 4.88. The van der Waals surface area contributed by atoms with E-state index in [1.165, 1.54) is 44.8 Å². The molecule has 2 nitrogen and oxygen atoms in total. The maximum atomic E-state index is 2.53. The van der Waals surface area contributed by atoms with Gasteiger partial charge in [-0.25, -0.2) is 0 Å². The van der Waals surface area contributed by atoms with Crippen molar-refractivity contribution in [3.05, 3.63) is 57.6 Å². The Hall–Kier alpha value is -1.96. The SMILES string of the molecule is Cc1cc(C)c(N2CCN(c3c(C)cc(C)cc3C)C2)c(C)c1. The summed E-state index contributed by atoms with van der Waals surface area (Å²) in [5, 5.41) is 0. The van der Waals surface area contributed by atoms with E-state index >= 15 is 0 Å². The Kier molecular flexibility index (Phi) is 4.09. The minimum atomic E-state index is 0.982. The van der Waals surface area contributed by atoms with Crippen LogP contribution in [0.3, 0.4) is 0 Å². The highest BCUT2D eigenvalue weighted by molar-refractivity contribution is 5.66. The molecule has 0 spiro atoms. The molecular formula is C21H28N2. The zero-order valence-electron chi connectivity index (χ0n) is 15.3. The number of anilines is 2. The van der Waals surface area contributed by atoms with Crippen molar-refractivity contribution in [1.29, 1.82) is 0 Å². The van der Waals surface area contributed by atoms with E-state index in [0.29, 0.717) is 0 Å². The fourth-order valence-electron chi connectivity index (χ4n) is 4.30. The normalized spacial score (nSPS) is 14.7. The molecule has 0 saturated carbocycles. The summed E-state index contributed by atoms with van der Waals surface area (Å²) in [4.78, 5) is 5.06. The molecule has 2 aromatic carbocycles. The van der Waals surface area contributed by atoms with E-state index in [4.69, 9.17) is 0 Å². The van der Waals surface area contributed by atoms with Crippen LogP contribution in [-0.2, 0) is 0 Å². The standard InChI is InChI=1S/C21H28N2/c1-14-9-16(3)20(17(4)10-14)22-7-8-23(13-22)21-18(5)11-15(2)12-19(21)6/h9-12H,7-8,13H2,1-6H3. The summed E-state index contributed by atoms with van der Waals surface area (Å²) in [6, 6.07) is 9.20. The summed E-state index contributed by atoms with van der Waals surface area (Å²) in [7, 11) is 0. The van der Waals surface area contributed by atoms with E-state index < -0.39 is 0 Å². The van der Waals surface area contributed by atoms with Gasteiger partial charge < -0.3 is 9.80 Å². The molecule has 2 aromatic rings. The molecule has 1 aliphatic heterocycles. The van der Waals surface area contributed by atoms with Gasteiger partial charge in [-0.1, -0.05) is 35.4 Å². The van der Waals surface area contributed by atoms with E-state index in [1.54, 1.807) is 0 Å². The van der Waals surface area contributed by atoms with Gasteiger partial charge in [0.05, 0.1) is 6.67 Å². The van der Waals surface area contributed by atoms with Crippen LogP contribution in [0.25, 0.3) is 0 Å². The Morgan fingerprint density at radius 1 is 0.565 bits per heavy atom. The average molecular weight is 308 g/mol. The molecule has 0 unspecified atom stereocenters. The highest BCUT2D eigenvalue weighted by Crippen LogP contribution is 2.32. The predicted octanol–water partition coefficient (Wildman–Crippen LogP) is 4.82. The molecule has 0 amide bonds. The molecule has 122 valence electrons. The number of hydrogen-bond acceptors (Lipinski definition) is 2. The van der Waals surface area contributed by atoms with Gasteiger partial charge in [0.1, 0.15) is 0 Å². The molecular weight excluding hydrogens is 280 g/mol. The zero-order valence-corrected chi connectivity index (χ0v) is 15.3. The van der Waals surface area contributed by atoms with Crippen LogP contribution in [-0.4, -0.2) is 19.8 Å². The molecule has 0 radical (unpaired) electrons. The van der Waals surface area contributed by atoms with Crippen LogP contribution in [0.15, 0.2) is 24.3 Å². The van der Waals surface area contributed by atoms with Gasteiger partial charge in [0.15, 0.2) is 0 Å². The lowest BCUT2D eigenvalue weighted by Crippen LogP contribution is -2.27. The Morgan fingerprint density at radius 2 is 0.870 bits per heavy atom. The van der Waals surface area contributed by atoms with Crippen molar-refractivity contribution < 1.29 is 0 Å².